The molecule has 1 aromatic heterocycles. The van der Waals surface area contributed by atoms with Gasteiger partial charge in [-0.25, -0.2) is 4.39 Å². The second-order valence-corrected chi connectivity index (χ2v) is 7.74. The zero-order valence-corrected chi connectivity index (χ0v) is 17.3. The molecule has 1 aliphatic heterocycles. The van der Waals surface area contributed by atoms with Gasteiger partial charge in [0.15, 0.2) is 0 Å². The van der Waals surface area contributed by atoms with Gasteiger partial charge in [0.05, 0.1) is 13.2 Å². The molecule has 0 aliphatic carbocycles. The van der Waals surface area contributed by atoms with Crippen molar-refractivity contribution in [1.29, 1.82) is 0 Å². The number of benzene rings is 3. The average Bonchev–Trinajstić information content (AvgIpc) is 2.84. The van der Waals surface area contributed by atoms with Crippen molar-refractivity contribution in [2.24, 2.45) is 0 Å². The number of aromatic nitrogens is 1. The van der Waals surface area contributed by atoms with Crippen molar-refractivity contribution in [3.8, 4) is 16.9 Å². The van der Waals surface area contributed by atoms with E-state index in [1.54, 1.807) is 7.11 Å². The monoisotopic (exact) mass is 410 g/mol. The van der Waals surface area contributed by atoms with Gasteiger partial charge in [-0.1, -0.05) is 30.3 Å². The first-order valence-electron chi connectivity index (χ1n) is 10.4. The van der Waals surface area contributed by atoms with E-state index in [1.165, 1.54) is 28.8 Å². The maximum Gasteiger partial charge on any atom is 0.123 e. The fraction of sp³-hybridized carbons (Fsp3) is 0.148. The SMILES string of the molecule is COc1ccc2c(c1)CCN(c1ccc(F)cc1)C2c1ccc(-c2ccncc2)cc1. The molecule has 1 unspecified atom stereocenters. The zero-order chi connectivity index (χ0) is 21.2. The Hall–Kier alpha value is -3.66. The lowest BCUT2D eigenvalue weighted by Gasteiger charge is -2.39. The minimum atomic E-state index is -0.218. The summed E-state index contributed by atoms with van der Waals surface area (Å²) in [6.07, 6.45) is 4.53. The lowest BCUT2D eigenvalue weighted by Crippen LogP contribution is -2.36. The van der Waals surface area contributed by atoms with E-state index in [4.69, 9.17) is 4.74 Å². The van der Waals surface area contributed by atoms with E-state index in [-0.39, 0.29) is 11.9 Å². The van der Waals surface area contributed by atoms with E-state index >= 15 is 0 Å². The first-order chi connectivity index (χ1) is 15.2. The van der Waals surface area contributed by atoms with E-state index in [2.05, 4.69) is 46.3 Å². The quantitative estimate of drug-likeness (QED) is 0.410. The number of hydrogen-bond donors (Lipinski definition) is 0. The van der Waals surface area contributed by atoms with Crippen LogP contribution in [0.3, 0.4) is 0 Å². The second-order valence-electron chi connectivity index (χ2n) is 7.74. The molecule has 0 saturated heterocycles. The molecule has 1 aliphatic rings. The van der Waals surface area contributed by atoms with Crippen LogP contribution in [0, 0.1) is 5.82 Å². The number of nitrogens with zero attached hydrogens (tertiary/aromatic N) is 2. The maximum atomic E-state index is 13.6. The third-order valence-electron chi connectivity index (χ3n) is 5.98. The standard InChI is InChI=1S/C27H23FN2O/c1-31-25-10-11-26-22(18-25)14-17-30(24-8-6-23(28)7-9-24)27(26)21-4-2-19(3-5-21)20-12-15-29-16-13-20/h2-13,15-16,18,27H,14,17H2,1H3. The number of methoxy groups -OCH3 is 1. The van der Waals surface area contributed by atoms with Gasteiger partial charge in [0.2, 0.25) is 0 Å². The number of halogens is 1. The fourth-order valence-corrected chi connectivity index (χ4v) is 4.40. The molecule has 0 saturated carbocycles. The number of pyridine rings is 1. The van der Waals surface area contributed by atoms with Crippen LogP contribution >= 0.6 is 0 Å². The minimum Gasteiger partial charge on any atom is -0.497 e. The van der Waals surface area contributed by atoms with Crippen LogP contribution in [-0.2, 0) is 6.42 Å². The van der Waals surface area contributed by atoms with Crippen molar-refractivity contribution in [2.75, 3.05) is 18.6 Å². The molecule has 0 radical (unpaired) electrons. The van der Waals surface area contributed by atoms with Gasteiger partial charge in [-0.15, -0.1) is 0 Å². The van der Waals surface area contributed by atoms with Gasteiger partial charge in [0.25, 0.3) is 0 Å². The Morgan fingerprint density at radius 1 is 0.871 bits per heavy atom. The minimum absolute atomic E-state index is 0.0478. The topological polar surface area (TPSA) is 25.4 Å². The van der Waals surface area contributed by atoms with Crippen molar-refractivity contribution in [3.63, 3.8) is 0 Å². The zero-order valence-electron chi connectivity index (χ0n) is 17.3. The average molecular weight is 410 g/mol. The van der Waals surface area contributed by atoms with E-state index < -0.39 is 0 Å². The summed E-state index contributed by atoms with van der Waals surface area (Å²) in [5, 5.41) is 0. The highest BCUT2D eigenvalue weighted by atomic mass is 19.1. The molecule has 1 atom stereocenters. The number of rotatable bonds is 4. The van der Waals surface area contributed by atoms with E-state index in [0.29, 0.717) is 0 Å². The number of hydrogen-bond acceptors (Lipinski definition) is 3. The van der Waals surface area contributed by atoms with Crippen molar-refractivity contribution < 1.29 is 9.13 Å². The second kappa shape index (κ2) is 8.23. The summed E-state index contributed by atoms with van der Waals surface area (Å²) in [4.78, 5) is 6.46. The van der Waals surface area contributed by atoms with Gasteiger partial charge in [-0.05, 0) is 82.8 Å². The van der Waals surface area contributed by atoms with Crippen LogP contribution in [0.2, 0.25) is 0 Å². The van der Waals surface area contributed by atoms with Gasteiger partial charge < -0.3 is 9.64 Å². The Morgan fingerprint density at radius 2 is 1.58 bits per heavy atom. The van der Waals surface area contributed by atoms with E-state index in [0.717, 1.165) is 35.5 Å². The predicted octanol–water partition coefficient (Wildman–Crippen LogP) is 6.05. The fourth-order valence-electron chi connectivity index (χ4n) is 4.40. The van der Waals surface area contributed by atoms with Crippen LogP contribution in [0.25, 0.3) is 11.1 Å². The Balaban J connectivity index is 1.58. The van der Waals surface area contributed by atoms with Gasteiger partial charge in [0, 0.05) is 24.6 Å². The molecular formula is C27H23FN2O. The van der Waals surface area contributed by atoms with E-state index in [1.807, 2.05) is 42.7 Å². The summed E-state index contributed by atoms with van der Waals surface area (Å²) < 4.78 is 19.0. The Kier molecular flexibility index (Phi) is 5.13. The van der Waals surface area contributed by atoms with E-state index in [9.17, 15) is 4.39 Å². The number of fused-ring (bicyclic) bond motifs is 1. The lowest BCUT2D eigenvalue weighted by molar-refractivity contribution is 0.413. The largest absolute Gasteiger partial charge is 0.497 e. The molecule has 0 spiro atoms. The molecule has 0 amide bonds. The highest BCUT2D eigenvalue weighted by molar-refractivity contribution is 5.64. The van der Waals surface area contributed by atoms with Crippen molar-refractivity contribution in [1.82, 2.24) is 4.98 Å². The first kappa shape index (κ1) is 19.3. The molecular weight excluding hydrogens is 387 g/mol. The van der Waals surface area contributed by atoms with Crippen LogP contribution < -0.4 is 9.64 Å². The molecule has 0 N–H and O–H groups in total. The molecule has 2 heterocycles. The molecule has 0 fully saturated rings. The Morgan fingerprint density at radius 3 is 2.29 bits per heavy atom. The Bertz CT molecular complexity index is 1170. The van der Waals surface area contributed by atoms with Crippen LogP contribution in [0.1, 0.15) is 22.7 Å². The number of ether oxygens (including phenoxy) is 1. The highest BCUT2D eigenvalue weighted by Gasteiger charge is 2.29. The molecule has 3 nitrogen and oxygen atoms in total. The van der Waals surface area contributed by atoms with Crippen LogP contribution in [-0.4, -0.2) is 18.6 Å². The summed E-state index contributed by atoms with van der Waals surface area (Å²) in [5.41, 5.74) is 7.07. The van der Waals surface area contributed by atoms with Crippen LogP contribution in [0.15, 0.2) is 91.3 Å². The van der Waals surface area contributed by atoms with Crippen molar-refractivity contribution in [3.05, 3.63) is 114 Å². The predicted molar refractivity (Wildman–Crippen MR) is 122 cm³/mol. The molecule has 5 rings (SSSR count). The summed E-state index contributed by atoms with van der Waals surface area (Å²) >= 11 is 0. The molecule has 154 valence electrons. The maximum absolute atomic E-state index is 13.6. The summed E-state index contributed by atoms with van der Waals surface area (Å²) in [5.74, 6) is 0.657. The lowest BCUT2D eigenvalue weighted by atomic mass is 9.87. The molecule has 0 bridgehead atoms. The van der Waals surface area contributed by atoms with Gasteiger partial charge in [-0.2, -0.15) is 0 Å². The van der Waals surface area contributed by atoms with Gasteiger partial charge >= 0.3 is 0 Å². The molecule has 4 aromatic rings. The third kappa shape index (κ3) is 3.77. The Labute approximate surface area is 181 Å². The molecule has 3 aromatic carbocycles. The van der Waals surface area contributed by atoms with Gasteiger partial charge in [-0.3, -0.25) is 4.98 Å². The normalized spacial score (nSPS) is 15.4. The summed E-state index contributed by atoms with van der Waals surface area (Å²) in [6.45, 7) is 0.850. The number of anilines is 1. The molecule has 4 heteroatoms. The highest BCUT2D eigenvalue weighted by Crippen LogP contribution is 2.40. The van der Waals surface area contributed by atoms with Crippen molar-refractivity contribution >= 4 is 5.69 Å². The van der Waals surface area contributed by atoms with Crippen LogP contribution in [0.5, 0.6) is 5.75 Å². The summed E-state index contributed by atoms with van der Waals surface area (Å²) in [6, 6.07) is 25.9. The molecule has 31 heavy (non-hydrogen) atoms. The summed E-state index contributed by atoms with van der Waals surface area (Å²) in [7, 11) is 1.70. The third-order valence-corrected chi connectivity index (χ3v) is 5.98. The van der Waals surface area contributed by atoms with Crippen LogP contribution in [0.4, 0.5) is 10.1 Å². The van der Waals surface area contributed by atoms with Gasteiger partial charge in [0.1, 0.15) is 11.6 Å². The van der Waals surface area contributed by atoms with Crippen molar-refractivity contribution in [2.45, 2.75) is 12.5 Å². The first-order valence-corrected chi connectivity index (χ1v) is 10.4. The smallest absolute Gasteiger partial charge is 0.123 e.